The van der Waals surface area contributed by atoms with Gasteiger partial charge in [-0.3, -0.25) is 9.59 Å². The SMILES string of the molecule is Cc1cc(N)cc(C(=O)NCC(C)(C)C(N)=O)c1. The number of rotatable bonds is 4. The van der Waals surface area contributed by atoms with Crippen molar-refractivity contribution in [3.63, 3.8) is 0 Å². The van der Waals surface area contributed by atoms with Crippen LogP contribution < -0.4 is 16.8 Å². The number of carbonyl (C=O) groups is 2. The van der Waals surface area contributed by atoms with Crippen LogP contribution in [0.25, 0.3) is 0 Å². The maximum atomic E-state index is 11.9. The molecule has 5 heteroatoms. The standard InChI is InChI=1S/C13H19N3O2/c1-8-4-9(6-10(14)5-8)11(17)16-7-13(2,3)12(15)18/h4-6H,7,14H2,1-3H3,(H2,15,18)(H,16,17). The molecule has 0 heterocycles. The van der Waals surface area contributed by atoms with Crippen molar-refractivity contribution in [2.45, 2.75) is 20.8 Å². The molecule has 0 bridgehead atoms. The van der Waals surface area contributed by atoms with Gasteiger partial charge in [-0.2, -0.15) is 0 Å². The summed E-state index contributed by atoms with van der Waals surface area (Å²) in [7, 11) is 0. The molecule has 1 aromatic rings. The second-order valence-corrected chi connectivity index (χ2v) is 5.06. The lowest BCUT2D eigenvalue weighted by Gasteiger charge is -2.20. The Bertz CT molecular complexity index is 461. The number of amides is 2. The Morgan fingerprint density at radius 2 is 1.89 bits per heavy atom. The van der Waals surface area contributed by atoms with Crippen molar-refractivity contribution in [2.24, 2.45) is 11.1 Å². The van der Waals surface area contributed by atoms with Crippen LogP contribution in [-0.4, -0.2) is 18.4 Å². The monoisotopic (exact) mass is 249 g/mol. The van der Waals surface area contributed by atoms with Gasteiger partial charge in [0.1, 0.15) is 0 Å². The molecule has 0 aromatic heterocycles. The Balaban J connectivity index is 2.75. The van der Waals surface area contributed by atoms with Crippen LogP contribution in [0, 0.1) is 12.3 Å². The average Bonchev–Trinajstić information content (AvgIpc) is 2.24. The van der Waals surface area contributed by atoms with Crippen molar-refractivity contribution >= 4 is 17.5 Å². The summed E-state index contributed by atoms with van der Waals surface area (Å²) in [6.45, 7) is 5.41. The summed E-state index contributed by atoms with van der Waals surface area (Å²) >= 11 is 0. The molecule has 0 saturated carbocycles. The second kappa shape index (κ2) is 5.08. The molecule has 5 nitrogen and oxygen atoms in total. The van der Waals surface area contributed by atoms with Crippen LogP contribution in [0.5, 0.6) is 0 Å². The highest BCUT2D eigenvalue weighted by molar-refractivity contribution is 5.95. The van der Waals surface area contributed by atoms with Gasteiger partial charge in [-0.1, -0.05) is 0 Å². The van der Waals surface area contributed by atoms with Gasteiger partial charge in [-0.25, -0.2) is 0 Å². The van der Waals surface area contributed by atoms with Crippen molar-refractivity contribution in [1.82, 2.24) is 5.32 Å². The van der Waals surface area contributed by atoms with Crippen molar-refractivity contribution in [3.05, 3.63) is 29.3 Å². The van der Waals surface area contributed by atoms with Gasteiger partial charge in [0, 0.05) is 17.8 Å². The molecule has 1 rings (SSSR count). The highest BCUT2D eigenvalue weighted by Gasteiger charge is 2.25. The zero-order valence-corrected chi connectivity index (χ0v) is 10.9. The predicted octanol–water partition coefficient (Wildman–Crippen LogP) is 0.819. The van der Waals surface area contributed by atoms with E-state index in [0.717, 1.165) is 5.56 Å². The molecule has 0 saturated heterocycles. The Labute approximate surface area is 107 Å². The quantitative estimate of drug-likeness (QED) is 0.689. The molecule has 0 fully saturated rings. The van der Waals surface area contributed by atoms with Gasteiger partial charge in [0.25, 0.3) is 5.91 Å². The second-order valence-electron chi connectivity index (χ2n) is 5.06. The third kappa shape index (κ3) is 3.48. The molecule has 0 unspecified atom stereocenters. The zero-order chi connectivity index (χ0) is 13.9. The van der Waals surface area contributed by atoms with Crippen LogP contribution in [0.4, 0.5) is 5.69 Å². The van der Waals surface area contributed by atoms with E-state index >= 15 is 0 Å². The van der Waals surface area contributed by atoms with E-state index in [2.05, 4.69) is 5.32 Å². The van der Waals surface area contributed by atoms with Gasteiger partial charge >= 0.3 is 0 Å². The van der Waals surface area contributed by atoms with E-state index in [1.165, 1.54) is 0 Å². The van der Waals surface area contributed by atoms with Gasteiger partial charge in [0.2, 0.25) is 5.91 Å². The van der Waals surface area contributed by atoms with Crippen molar-refractivity contribution < 1.29 is 9.59 Å². The Morgan fingerprint density at radius 1 is 1.28 bits per heavy atom. The summed E-state index contributed by atoms with van der Waals surface area (Å²) < 4.78 is 0. The number of primary amides is 1. The van der Waals surface area contributed by atoms with E-state index in [4.69, 9.17) is 11.5 Å². The highest BCUT2D eigenvalue weighted by Crippen LogP contribution is 2.14. The van der Waals surface area contributed by atoms with Gasteiger partial charge in [-0.05, 0) is 44.5 Å². The largest absolute Gasteiger partial charge is 0.399 e. The average molecular weight is 249 g/mol. The summed E-state index contributed by atoms with van der Waals surface area (Å²) in [4.78, 5) is 23.0. The van der Waals surface area contributed by atoms with E-state index in [9.17, 15) is 9.59 Å². The Hall–Kier alpha value is -2.04. The lowest BCUT2D eigenvalue weighted by atomic mass is 9.92. The molecule has 5 N–H and O–H groups in total. The summed E-state index contributed by atoms with van der Waals surface area (Å²) in [5, 5.41) is 2.68. The number of nitrogen functional groups attached to an aromatic ring is 1. The van der Waals surface area contributed by atoms with Crippen LogP contribution in [-0.2, 0) is 4.79 Å². The molecule has 0 atom stereocenters. The number of anilines is 1. The molecule has 18 heavy (non-hydrogen) atoms. The lowest BCUT2D eigenvalue weighted by molar-refractivity contribution is -0.125. The van der Waals surface area contributed by atoms with Crippen LogP contribution >= 0.6 is 0 Å². The molecule has 2 amide bonds. The maximum absolute atomic E-state index is 11.9. The van der Waals surface area contributed by atoms with Gasteiger partial charge < -0.3 is 16.8 Å². The first-order chi connectivity index (χ1) is 8.22. The van der Waals surface area contributed by atoms with Crippen molar-refractivity contribution in [2.75, 3.05) is 12.3 Å². The highest BCUT2D eigenvalue weighted by atomic mass is 16.2. The first-order valence-corrected chi connectivity index (χ1v) is 5.67. The van der Waals surface area contributed by atoms with Crippen LogP contribution in [0.2, 0.25) is 0 Å². The number of hydrogen-bond donors (Lipinski definition) is 3. The number of hydrogen-bond acceptors (Lipinski definition) is 3. The fraction of sp³-hybridized carbons (Fsp3) is 0.385. The molecule has 0 spiro atoms. The van der Waals surface area contributed by atoms with E-state index in [1.54, 1.807) is 32.0 Å². The number of nitrogens with two attached hydrogens (primary N) is 2. The molecule has 1 aromatic carbocycles. The first kappa shape index (κ1) is 14.0. The van der Waals surface area contributed by atoms with Crippen molar-refractivity contribution in [1.29, 1.82) is 0 Å². The minimum atomic E-state index is -0.773. The first-order valence-electron chi connectivity index (χ1n) is 5.67. The number of benzene rings is 1. The smallest absolute Gasteiger partial charge is 0.251 e. The van der Waals surface area contributed by atoms with Crippen LogP contribution in [0.3, 0.4) is 0 Å². The third-order valence-corrected chi connectivity index (χ3v) is 2.72. The summed E-state index contributed by atoms with van der Waals surface area (Å²) in [5.74, 6) is -0.716. The van der Waals surface area contributed by atoms with E-state index in [1.807, 2.05) is 6.92 Å². The molecule has 0 aliphatic rings. The fourth-order valence-corrected chi connectivity index (χ4v) is 1.43. The summed E-state index contributed by atoms with van der Waals surface area (Å²) in [6, 6.07) is 5.12. The zero-order valence-electron chi connectivity index (χ0n) is 10.9. The van der Waals surface area contributed by atoms with Gasteiger partial charge in [0.05, 0.1) is 5.41 Å². The Kier molecular flexibility index (Phi) is 3.96. The Morgan fingerprint density at radius 3 is 2.39 bits per heavy atom. The molecular weight excluding hydrogens is 230 g/mol. The predicted molar refractivity (Wildman–Crippen MR) is 70.9 cm³/mol. The topological polar surface area (TPSA) is 98.2 Å². The van der Waals surface area contributed by atoms with Gasteiger partial charge in [0.15, 0.2) is 0 Å². The molecule has 0 aliphatic carbocycles. The summed E-state index contributed by atoms with van der Waals surface area (Å²) in [5.41, 5.74) is 12.1. The number of carbonyl (C=O) groups excluding carboxylic acids is 2. The summed E-state index contributed by atoms with van der Waals surface area (Å²) in [6.07, 6.45) is 0. The number of nitrogens with one attached hydrogen (secondary N) is 1. The molecule has 98 valence electrons. The normalized spacial score (nSPS) is 11.1. The fourth-order valence-electron chi connectivity index (χ4n) is 1.43. The van der Waals surface area contributed by atoms with Crippen LogP contribution in [0.1, 0.15) is 29.8 Å². The van der Waals surface area contributed by atoms with E-state index in [0.29, 0.717) is 11.3 Å². The minimum Gasteiger partial charge on any atom is -0.399 e. The lowest BCUT2D eigenvalue weighted by Crippen LogP contribution is -2.42. The number of aryl methyl sites for hydroxylation is 1. The third-order valence-electron chi connectivity index (χ3n) is 2.72. The van der Waals surface area contributed by atoms with Gasteiger partial charge in [-0.15, -0.1) is 0 Å². The molecule has 0 radical (unpaired) electrons. The van der Waals surface area contributed by atoms with E-state index in [-0.39, 0.29) is 12.5 Å². The van der Waals surface area contributed by atoms with E-state index < -0.39 is 11.3 Å². The molecule has 0 aliphatic heterocycles. The minimum absolute atomic E-state index is 0.189. The van der Waals surface area contributed by atoms with Crippen molar-refractivity contribution in [3.8, 4) is 0 Å². The van der Waals surface area contributed by atoms with Crippen LogP contribution in [0.15, 0.2) is 18.2 Å². The molecular formula is C13H19N3O2. The maximum Gasteiger partial charge on any atom is 0.251 e.